The monoisotopic (exact) mass is 372 g/mol. The Labute approximate surface area is 149 Å². The van der Waals surface area contributed by atoms with Gasteiger partial charge in [0, 0.05) is 30.3 Å². The van der Waals surface area contributed by atoms with E-state index in [1.54, 1.807) is 5.51 Å². The molecule has 0 fully saturated rings. The maximum atomic E-state index is 14.4. The number of aromatic nitrogens is 3. The number of halogens is 3. The average Bonchev–Trinajstić information content (AvgIpc) is 3.32. The number of thiazole rings is 1. The predicted molar refractivity (Wildman–Crippen MR) is 94.6 cm³/mol. The lowest BCUT2D eigenvalue weighted by Gasteiger charge is -2.09. The summed E-state index contributed by atoms with van der Waals surface area (Å²) in [5, 5.41) is 3.13. The zero-order valence-electron chi connectivity index (χ0n) is 13.3. The molecule has 4 nitrogen and oxygen atoms in total. The number of anilines is 1. The summed E-state index contributed by atoms with van der Waals surface area (Å²) in [6.45, 7) is 1.36. The molecule has 1 aliphatic rings. The molecule has 1 aliphatic heterocycles. The van der Waals surface area contributed by atoms with Crippen LogP contribution in [0.2, 0.25) is 0 Å². The molecule has 0 unspecified atom stereocenters. The lowest BCUT2D eigenvalue weighted by molar-refractivity contribution is 0.496. The minimum Gasteiger partial charge on any atom is -0.354 e. The van der Waals surface area contributed by atoms with Crippen LogP contribution in [0.1, 0.15) is 0 Å². The highest BCUT2D eigenvalue weighted by molar-refractivity contribution is 7.16. The van der Waals surface area contributed by atoms with E-state index >= 15 is 0 Å². The van der Waals surface area contributed by atoms with Crippen LogP contribution in [0.3, 0.4) is 0 Å². The van der Waals surface area contributed by atoms with Crippen molar-refractivity contribution in [2.45, 2.75) is 6.54 Å². The van der Waals surface area contributed by atoms with Gasteiger partial charge in [0.15, 0.2) is 11.6 Å². The number of nitrogens with one attached hydrogen (secondary N) is 1. The van der Waals surface area contributed by atoms with Gasteiger partial charge in [0.05, 0.1) is 21.4 Å². The second kappa shape index (κ2) is 5.57. The van der Waals surface area contributed by atoms with E-state index in [-0.39, 0.29) is 11.3 Å². The van der Waals surface area contributed by atoms with Gasteiger partial charge in [-0.2, -0.15) is 0 Å². The number of fused-ring (bicyclic) bond motifs is 2. The highest BCUT2D eigenvalue weighted by Crippen LogP contribution is 2.39. The second-order valence-corrected chi connectivity index (χ2v) is 6.88. The summed E-state index contributed by atoms with van der Waals surface area (Å²) in [6, 6.07) is 7.13. The molecule has 2 aromatic carbocycles. The van der Waals surface area contributed by atoms with Gasteiger partial charge in [-0.05, 0) is 18.2 Å². The molecule has 130 valence electrons. The standard InChI is InChI=1S/C18H11F3N4S/c19-11-7-13(21)12(20)6-10(11)16-17(25-4-3-22-18(25)24-16)9-1-2-14-15(5-9)26-8-23-14/h1-2,5-8H,3-4H2,(H,22,24). The van der Waals surface area contributed by atoms with Crippen molar-refractivity contribution in [2.75, 3.05) is 11.9 Å². The normalized spacial score (nSPS) is 13.2. The SMILES string of the molecule is Fc1cc(F)c(-c2nc3n(c2-c2ccc4ncsc4c2)CCN3)cc1F. The third-order valence-corrected chi connectivity index (χ3v) is 5.25. The Morgan fingerprint density at radius 1 is 1.04 bits per heavy atom. The molecule has 0 bridgehead atoms. The van der Waals surface area contributed by atoms with Gasteiger partial charge in [-0.25, -0.2) is 23.1 Å². The van der Waals surface area contributed by atoms with E-state index in [1.165, 1.54) is 11.3 Å². The summed E-state index contributed by atoms with van der Waals surface area (Å²) in [4.78, 5) is 8.71. The van der Waals surface area contributed by atoms with Crippen LogP contribution < -0.4 is 5.32 Å². The molecular weight excluding hydrogens is 361 g/mol. The van der Waals surface area contributed by atoms with E-state index in [0.29, 0.717) is 30.8 Å². The van der Waals surface area contributed by atoms with Gasteiger partial charge in [0.25, 0.3) is 0 Å². The number of rotatable bonds is 2. The van der Waals surface area contributed by atoms with E-state index in [0.717, 1.165) is 21.8 Å². The summed E-state index contributed by atoms with van der Waals surface area (Å²) >= 11 is 1.50. The number of hydrogen-bond acceptors (Lipinski definition) is 4. The molecule has 0 atom stereocenters. The molecule has 4 aromatic rings. The van der Waals surface area contributed by atoms with Gasteiger partial charge in [0.1, 0.15) is 11.5 Å². The van der Waals surface area contributed by atoms with Crippen LogP contribution in [0.4, 0.5) is 19.1 Å². The van der Waals surface area contributed by atoms with Crippen molar-refractivity contribution in [1.82, 2.24) is 14.5 Å². The first-order valence-corrected chi connectivity index (χ1v) is 8.83. The van der Waals surface area contributed by atoms with E-state index in [2.05, 4.69) is 15.3 Å². The van der Waals surface area contributed by atoms with Crippen molar-refractivity contribution in [3.63, 3.8) is 0 Å². The highest BCUT2D eigenvalue weighted by Gasteiger charge is 2.26. The Hall–Kier alpha value is -2.87. The summed E-state index contributed by atoms with van der Waals surface area (Å²) < 4.78 is 44.4. The third-order valence-electron chi connectivity index (χ3n) is 4.46. The lowest BCUT2D eigenvalue weighted by Crippen LogP contribution is -2.00. The maximum Gasteiger partial charge on any atom is 0.204 e. The Morgan fingerprint density at radius 3 is 2.77 bits per heavy atom. The number of nitrogens with zero attached hydrogens (tertiary/aromatic N) is 3. The third kappa shape index (κ3) is 2.22. The molecule has 0 saturated carbocycles. The largest absolute Gasteiger partial charge is 0.354 e. The van der Waals surface area contributed by atoms with Crippen molar-refractivity contribution in [3.05, 3.63) is 53.3 Å². The Kier molecular flexibility index (Phi) is 3.30. The topological polar surface area (TPSA) is 42.7 Å². The highest BCUT2D eigenvalue weighted by atomic mass is 32.1. The predicted octanol–water partition coefficient (Wildman–Crippen LogP) is 4.67. The second-order valence-electron chi connectivity index (χ2n) is 5.99. The molecule has 0 aliphatic carbocycles. The maximum absolute atomic E-state index is 14.4. The summed E-state index contributed by atoms with van der Waals surface area (Å²) in [5.74, 6) is -2.58. The average molecular weight is 372 g/mol. The van der Waals surface area contributed by atoms with E-state index < -0.39 is 17.5 Å². The van der Waals surface area contributed by atoms with Crippen LogP contribution >= 0.6 is 11.3 Å². The molecule has 0 spiro atoms. The van der Waals surface area contributed by atoms with Crippen LogP contribution in [0, 0.1) is 17.5 Å². The van der Waals surface area contributed by atoms with E-state index in [4.69, 9.17) is 0 Å². The van der Waals surface area contributed by atoms with Gasteiger partial charge in [-0.15, -0.1) is 11.3 Å². The quantitative estimate of drug-likeness (QED) is 0.520. The lowest BCUT2D eigenvalue weighted by atomic mass is 10.0. The first-order chi connectivity index (χ1) is 12.6. The van der Waals surface area contributed by atoms with E-state index in [9.17, 15) is 13.2 Å². The van der Waals surface area contributed by atoms with Gasteiger partial charge in [-0.1, -0.05) is 6.07 Å². The first kappa shape index (κ1) is 15.4. The summed E-state index contributed by atoms with van der Waals surface area (Å²) in [7, 11) is 0. The van der Waals surface area contributed by atoms with Crippen LogP contribution in [-0.2, 0) is 6.54 Å². The molecule has 0 radical (unpaired) electrons. The molecule has 0 amide bonds. The molecule has 3 heterocycles. The molecule has 26 heavy (non-hydrogen) atoms. The van der Waals surface area contributed by atoms with Crippen LogP contribution in [0.5, 0.6) is 0 Å². The van der Waals surface area contributed by atoms with Crippen LogP contribution in [0.25, 0.3) is 32.7 Å². The Bertz CT molecular complexity index is 1160. The summed E-state index contributed by atoms with van der Waals surface area (Å²) in [6.07, 6.45) is 0. The van der Waals surface area contributed by atoms with Gasteiger partial charge < -0.3 is 9.88 Å². The van der Waals surface area contributed by atoms with Crippen molar-refractivity contribution in [2.24, 2.45) is 0 Å². The van der Waals surface area contributed by atoms with Gasteiger partial charge in [0.2, 0.25) is 5.95 Å². The van der Waals surface area contributed by atoms with Crippen molar-refractivity contribution in [3.8, 4) is 22.5 Å². The van der Waals surface area contributed by atoms with Crippen LogP contribution in [0.15, 0.2) is 35.8 Å². The number of benzene rings is 2. The summed E-state index contributed by atoms with van der Waals surface area (Å²) in [5.41, 5.74) is 4.35. The number of hydrogen-bond donors (Lipinski definition) is 1. The Balaban J connectivity index is 1.78. The van der Waals surface area contributed by atoms with Gasteiger partial charge >= 0.3 is 0 Å². The van der Waals surface area contributed by atoms with Crippen LogP contribution in [-0.4, -0.2) is 21.1 Å². The molecule has 1 N–H and O–H groups in total. The fourth-order valence-electron chi connectivity index (χ4n) is 3.27. The fraction of sp³-hybridized carbons (Fsp3) is 0.111. The minimum absolute atomic E-state index is 0.0630. The Morgan fingerprint density at radius 2 is 1.88 bits per heavy atom. The first-order valence-electron chi connectivity index (χ1n) is 7.95. The van der Waals surface area contributed by atoms with Crippen molar-refractivity contribution < 1.29 is 13.2 Å². The number of imidazole rings is 1. The molecular formula is C18H11F3N4S. The van der Waals surface area contributed by atoms with E-state index in [1.807, 2.05) is 22.8 Å². The molecule has 5 rings (SSSR count). The van der Waals surface area contributed by atoms with Gasteiger partial charge in [-0.3, -0.25) is 0 Å². The van der Waals surface area contributed by atoms with Crippen molar-refractivity contribution >= 4 is 27.5 Å². The minimum atomic E-state index is -1.22. The molecule has 2 aromatic heterocycles. The van der Waals surface area contributed by atoms with Crippen molar-refractivity contribution in [1.29, 1.82) is 0 Å². The molecule has 0 saturated heterocycles. The fourth-order valence-corrected chi connectivity index (χ4v) is 3.99. The smallest absolute Gasteiger partial charge is 0.204 e. The molecule has 8 heteroatoms. The zero-order chi connectivity index (χ0) is 17.8. The zero-order valence-corrected chi connectivity index (χ0v) is 14.1.